The first-order valence-electron chi connectivity index (χ1n) is 15.9. The molecule has 2 aliphatic rings. The number of ether oxygens (including phenoxy) is 1. The molecule has 1 heterocycles. The number of nitrogens with zero attached hydrogens (tertiary/aromatic N) is 1. The number of amides is 2. The Bertz CT molecular complexity index is 1310. The minimum atomic E-state index is -0.526. The number of hydrogen-bond donors (Lipinski definition) is 1. The van der Waals surface area contributed by atoms with E-state index in [4.69, 9.17) is 4.74 Å². The predicted octanol–water partition coefficient (Wildman–Crippen LogP) is 6.31. The van der Waals surface area contributed by atoms with Crippen LogP contribution in [-0.4, -0.2) is 41.6 Å². The van der Waals surface area contributed by atoms with E-state index in [1.807, 2.05) is 77.7 Å². The number of carbonyl (C=O) groups excluding carboxylic acids is 3. The van der Waals surface area contributed by atoms with E-state index in [2.05, 4.69) is 17.4 Å². The average Bonchev–Trinajstić information content (AvgIpc) is 3.88. The van der Waals surface area contributed by atoms with Gasteiger partial charge in [-0.1, -0.05) is 85.6 Å². The highest BCUT2D eigenvalue weighted by Crippen LogP contribution is 2.33. The zero-order valence-electron chi connectivity index (χ0n) is 25.1. The van der Waals surface area contributed by atoms with E-state index in [1.165, 1.54) is 18.4 Å². The Labute approximate surface area is 255 Å². The van der Waals surface area contributed by atoms with Gasteiger partial charge in [0.1, 0.15) is 12.4 Å². The van der Waals surface area contributed by atoms with E-state index in [0.29, 0.717) is 51.3 Å². The van der Waals surface area contributed by atoms with Crippen molar-refractivity contribution < 1.29 is 19.1 Å². The summed E-state index contributed by atoms with van der Waals surface area (Å²) in [7, 11) is 0. The second-order valence-electron chi connectivity index (χ2n) is 12.2. The first kappa shape index (κ1) is 30.5. The standard InChI is InChI=1S/C37H44N2O4/c40-35(19-15-29-11-12-29)34(25-30-13-17-33(18-14-30)43-27-32-9-5-2-6-10-32)38-36(41)26-31-21-23-39(24-22-31)37(42)20-16-28-7-3-1-4-8-28/h1-10,13-14,17-18,29,31,34H,11-12,15-16,19-27H2,(H,38,41)/t34-/m0/s1. The fourth-order valence-corrected chi connectivity index (χ4v) is 5.83. The molecule has 1 aliphatic heterocycles. The summed E-state index contributed by atoms with van der Waals surface area (Å²) in [4.78, 5) is 41.1. The SMILES string of the molecule is O=C(CC1CCN(C(=O)CCc2ccccc2)CC1)N[C@@H](Cc1ccc(OCc2ccccc2)cc1)C(=O)CCC1CC1. The molecular formula is C37H44N2O4. The minimum absolute atomic E-state index is 0.0681. The Kier molecular flexibility index (Phi) is 11.0. The molecule has 1 atom stereocenters. The van der Waals surface area contributed by atoms with Crippen LogP contribution in [0.1, 0.15) is 68.1 Å². The number of likely N-dealkylation sites (tertiary alicyclic amines) is 1. The molecule has 0 radical (unpaired) electrons. The summed E-state index contributed by atoms with van der Waals surface area (Å²) in [6.45, 7) is 1.88. The Morgan fingerprint density at radius 1 is 0.744 bits per heavy atom. The molecule has 2 fully saturated rings. The molecule has 2 amide bonds. The molecule has 1 saturated carbocycles. The fraction of sp³-hybridized carbons (Fsp3) is 0.432. The van der Waals surface area contributed by atoms with Gasteiger partial charge in [-0.3, -0.25) is 14.4 Å². The fourth-order valence-electron chi connectivity index (χ4n) is 5.83. The molecule has 1 saturated heterocycles. The summed E-state index contributed by atoms with van der Waals surface area (Å²) < 4.78 is 5.92. The van der Waals surface area contributed by atoms with Gasteiger partial charge in [0.25, 0.3) is 0 Å². The minimum Gasteiger partial charge on any atom is -0.489 e. The lowest BCUT2D eigenvalue weighted by Crippen LogP contribution is -2.44. The van der Waals surface area contributed by atoms with Crippen molar-refractivity contribution in [3.05, 3.63) is 102 Å². The van der Waals surface area contributed by atoms with E-state index < -0.39 is 6.04 Å². The Hall–Kier alpha value is -3.93. The first-order chi connectivity index (χ1) is 21.0. The van der Waals surface area contributed by atoms with Crippen molar-refractivity contribution in [2.24, 2.45) is 11.8 Å². The first-order valence-corrected chi connectivity index (χ1v) is 15.9. The highest BCUT2D eigenvalue weighted by molar-refractivity contribution is 5.89. The van der Waals surface area contributed by atoms with Crippen LogP contribution in [0, 0.1) is 11.8 Å². The van der Waals surface area contributed by atoms with Crippen LogP contribution < -0.4 is 10.1 Å². The zero-order chi connectivity index (χ0) is 29.9. The van der Waals surface area contributed by atoms with Crippen molar-refractivity contribution in [3.8, 4) is 5.75 Å². The van der Waals surface area contributed by atoms with Crippen molar-refractivity contribution in [1.82, 2.24) is 10.2 Å². The molecule has 226 valence electrons. The largest absolute Gasteiger partial charge is 0.489 e. The number of Topliss-reactive ketones (excluding diaryl/α,β-unsaturated/α-hetero) is 1. The van der Waals surface area contributed by atoms with Gasteiger partial charge in [0.2, 0.25) is 11.8 Å². The molecule has 43 heavy (non-hydrogen) atoms. The Morgan fingerprint density at radius 2 is 1.40 bits per heavy atom. The second kappa shape index (κ2) is 15.5. The van der Waals surface area contributed by atoms with Crippen molar-refractivity contribution in [2.75, 3.05) is 13.1 Å². The van der Waals surface area contributed by atoms with Crippen molar-refractivity contribution in [3.63, 3.8) is 0 Å². The van der Waals surface area contributed by atoms with Crippen LogP contribution in [0.3, 0.4) is 0 Å². The normalized spacial score (nSPS) is 16.0. The molecule has 0 aromatic heterocycles. The van der Waals surface area contributed by atoms with Gasteiger partial charge in [-0.05, 0) is 72.8 Å². The van der Waals surface area contributed by atoms with E-state index >= 15 is 0 Å². The third-order valence-electron chi connectivity index (χ3n) is 8.74. The quantitative estimate of drug-likeness (QED) is 0.229. The molecule has 0 spiro atoms. The number of nitrogens with one attached hydrogen (secondary N) is 1. The molecular weight excluding hydrogens is 536 g/mol. The molecule has 1 aliphatic carbocycles. The summed E-state index contributed by atoms with van der Waals surface area (Å²) in [5, 5.41) is 3.09. The highest BCUT2D eigenvalue weighted by Gasteiger charge is 2.28. The number of hydrogen-bond acceptors (Lipinski definition) is 4. The lowest BCUT2D eigenvalue weighted by atomic mass is 9.92. The average molecular weight is 581 g/mol. The number of piperidine rings is 1. The molecule has 0 bridgehead atoms. The van der Waals surface area contributed by atoms with Crippen molar-refractivity contribution in [1.29, 1.82) is 0 Å². The van der Waals surface area contributed by atoms with Gasteiger partial charge in [-0.25, -0.2) is 0 Å². The van der Waals surface area contributed by atoms with Crippen LogP contribution in [0.2, 0.25) is 0 Å². The molecule has 3 aromatic rings. The van der Waals surface area contributed by atoms with Gasteiger partial charge in [0.15, 0.2) is 5.78 Å². The van der Waals surface area contributed by atoms with E-state index in [9.17, 15) is 14.4 Å². The third-order valence-corrected chi connectivity index (χ3v) is 8.74. The number of aryl methyl sites for hydroxylation is 1. The highest BCUT2D eigenvalue weighted by atomic mass is 16.5. The maximum Gasteiger partial charge on any atom is 0.222 e. The number of benzene rings is 3. The topological polar surface area (TPSA) is 75.7 Å². The van der Waals surface area contributed by atoms with Crippen LogP contribution in [-0.2, 0) is 33.8 Å². The van der Waals surface area contributed by atoms with Crippen molar-refractivity contribution >= 4 is 17.6 Å². The van der Waals surface area contributed by atoms with Gasteiger partial charge in [0, 0.05) is 32.4 Å². The van der Waals surface area contributed by atoms with Gasteiger partial charge < -0.3 is 15.0 Å². The summed E-state index contributed by atoms with van der Waals surface area (Å²) >= 11 is 0. The summed E-state index contributed by atoms with van der Waals surface area (Å²) in [6.07, 6.45) is 7.61. The maximum atomic E-state index is 13.2. The van der Waals surface area contributed by atoms with E-state index in [0.717, 1.165) is 42.6 Å². The monoisotopic (exact) mass is 580 g/mol. The van der Waals surface area contributed by atoms with Crippen LogP contribution in [0.15, 0.2) is 84.9 Å². The number of rotatable bonds is 15. The lowest BCUT2D eigenvalue weighted by Gasteiger charge is -2.32. The molecule has 6 heteroatoms. The molecule has 5 rings (SSSR count). The van der Waals surface area contributed by atoms with Gasteiger partial charge >= 0.3 is 0 Å². The predicted molar refractivity (Wildman–Crippen MR) is 168 cm³/mol. The second-order valence-corrected chi connectivity index (χ2v) is 12.2. The summed E-state index contributed by atoms with van der Waals surface area (Å²) in [5.74, 6) is 1.90. The number of ketones is 1. The maximum absolute atomic E-state index is 13.2. The Morgan fingerprint density at radius 3 is 2.05 bits per heavy atom. The molecule has 6 nitrogen and oxygen atoms in total. The molecule has 3 aromatic carbocycles. The van der Waals surface area contributed by atoms with Gasteiger partial charge in [-0.2, -0.15) is 0 Å². The third kappa shape index (κ3) is 10.1. The van der Waals surface area contributed by atoms with E-state index in [-0.39, 0.29) is 23.5 Å². The van der Waals surface area contributed by atoms with Crippen LogP contribution in [0.5, 0.6) is 5.75 Å². The summed E-state index contributed by atoms with van der Waals surface area (Å²) in [5.41, 5.74) is 3.28. The van der Waals surface area contributed by atoms with Gasteiger partial charge in [-0.15, -0.1) is 0 Å². The Balaban J connectivity index is 1.09. The van der Waals surface area contributed by atoms with Crippen LogP contribution >= 0.6 is 0 Å². The lowest BCUT2D eigenvalue weighted by molar-refractivity contribution is -0.133. The van der Waals surface area contributed by atoms with Crippen LogP contribution in [0.4, 0.5) is 0 Å². The summed E-state index contributed by atoms with van der Waals surface area (Å²) in [6, 6.07) is 27.4. The smallest absolute Gasteiger partial charge is 0.222 e. The number of carbonyl (C=O) groups is 3. The van der Waals surface area contributed by atoms with Gasteiger partial charge in [0.05, 0.1) is 6.04 Å². The van der Waals surface area contributed by atoms with Crippen LogP contribution in [0.25, 0.3) is 0 Å². The molecule has 0 unspecified atom stereocenters. The van der Waals surface area contributed by atoms with Crippen molar-refractivity contribution in [2.45, 2.75) is 76.9 Å². The molecule has 1 N–H and O–H groups in total. The zero-order valence-corrected chi connectivity index (χ0v) is 25.1. The van der Waals surface area contributed by atoms with E-state index in [1.54, 1.807) is 0 Å².